The molecular weight excluding hydrogens is 649 g/mol. The molecule has 6 rings (SSSR count). The number of carbonyl (C=O) groups is 1. The summed E-state index contributed by atoms with van der Waals surface area (Å²) in [5.74, 6) is -0.107. The van der Waals surface area contributed by atoms with Gasteiger partial charge in [0, 0.05) is 24.4 Å². The van der Waals surface area contributed by atoms with E-state index in [2.05, 4.69) is 25.0 Å². The van der Waals surface area contributed by atoms with Crippen molar-refractivity contribution in [2.24, 2.45) is 0 Å². The summed E-state index contributed by atoms with van der Waals surface area (Å²) in [6.45, 7) is 4.92. The van der Waals surface area contributed by atoms with E-state index in [0.717, 1.165) is 0 Å². The van der Waals surface area contributed by atoms with Crippen LogP contribution in [0, 0.1) is 6.92 Å². The maximum Gasteiger partial charge on any atom is 0.459 e. The predicted octanol–water partition coefficient (Wildman–Crippen LogP) is 2.19. The average Bonchev–Trinajstić information content (AvgIpc) is 3.50. The second-order valence-corrected chi connectivity index (χ2v) is 13.5. The lowest BCUT2D eigenvalue weighted by Gasteiger charge is -2.28. The Hall–Kier alpha value is -3.96. The number of nitrogens with two attached hydrogens (primary N) is 1. The molecule has 17 nitrogen and oxygen atoms in total. The van der Waals surface area contributed by atoms with Crippen LogP contribution in [0.3, 0.4) is 0 Å². The van der Waals surface area contributed by atoms with Crippen molar-refractivity contribution in [3.05, 3.63) is 42.4 Å². The molecular formula is C30H38N7O10P. The number of aromatic nitrogens is 5. The number of carbonyl (C=O) groups excluding carboxylic acids is 1. The number of nitrogen functional groups attached to an aromatic ring is 1. The van der Waals surface area contributed by atoms with Crippen LogP contribution in [0.5, 0.6) is 11.6 Å². The van der Waals surface area contributed by atoms with E-state index in [1.165, 1.54) is 25.5 Å². The highest BCUT2D eigenvalue weighted by molar-refractivity contribution is 7.52. The molecule has 5 N–H and O–H groups in total. The highest BCUT2D eigenvalue weighted by Gasteiger charge is 2.54. The SMILES string of the molecule is COc1nc(N)nc2c1nc(C)n2C1OC(COP(=O)(NC(C)C(=O)OC2CCOCC2)Oc2ccc3ncccc3c2)C(O)C1(C)O. The van der Waals surface area contributed by atoms with Crippen molar-refractivity contribution in [3.8, 4) is 11.6 Å². The fourth-order valence-electron chi connectivity index (χ4n) is 5.71. The summed E-state index contributed by atoms with van der Waals surface area (Å²) in [7, 11) is -2.98. The molecule has 6 unspecified atom stereocenters. The Kier molecular flexibility index (Phi) is 9.55. The van der Waals surface area contributed by atoms with Gasteiger partial charge in [-0.05, 0) is 45.0 Å². The predicted molar refractivity (Wildman–Crippen MR) is 170 cm³/mol. The fraction of sp³-hybridized carbons (Fsp3) is 0.500. The maximum absolute atomic E-state index is 14.3. The minimum absolute atomic E-state index is 0.100. The lowest BCUT2D eigenvalue weighted by atomic mass is 9.96. The van der Waals surface area contributed by atoms with Gasteiger partial charge in [0.1, 0.15) is 41.5 Å². The van der Waals surface area contributed by atoms with Gasteiger partial charge >= 0.3 is 13.7 Å². The zero-order valence-electron chi connectivity index (χ0n) is 26.8. The summed E-state index contributed by atoms with van der Waals surface area (Å²) in [6, 6.07) is 7.31. The molecule has 18 heteroatoms. The first kappa shape index (κ1) is 33.9. The van der Waals surface area contributed by atoms with E-state index in [1.807, 2.05) is 6.07 Å². The smallest absolute Gasteiger partial charge is 0.459 e. The third-order valence-electron chi connectivity index (χ3n) is 8.25. The van der Waals surface area contributed by atoms with Gasteiger partial charge in [-0.15, -0.1) is 0 Å². The standard InChI is InChI=1S/C30H38N7O10P/c1-16(27(39)45-19-9-12-43-13-10-19)36-48(41,47-20-7-8-21-18(14-20)6-5-11-32-21)44-15-22-24(38)30(3,40)28(46-22)37-17(2)33-23-25(37)34-29(31)35-26(23)42-4/h5-8,11,14,16,19,22,24,28,38,40H,9-10,12-13,15H2,1-4H3,(H,36,41)(H2,31,34,35). The van der Waals surface area contributed by atoms with Gasteiger partial charge in [-0.3, -0.25) is 18.9 Å². The van der Waals surface area contributed by atoms with E-state index in [-0.39, 0.29) is 34.8 Å². The van der Waals surface area contributed by atoms with Gasteiger partial charge in [-0.25, -0.2) is 9.55 Å². The Morgan fingerprint density at radius 2 is 2.02 bits per heavy atom. The molecule has 0 saturated carbocycles. The van der Waals surface area contributed by atoms with E-state index in [4.69, 9.17) is 33.7 Å². The number of fused-ring (bicyclic) bond motifs is 2. The Bertz CT molecular complexity index is 1850. The Morgan fingerprint density at radius 3 is 2.77 bits per heavy atom. The topological polar surface area (TPSA) is 225 Å². The number of hydrogen-bond acceptors (Lipinski definition) is 15. The lowest BCUT2D eigenvalue weighted by Crippen LogP contribution is -2.45. The van der Waals surface area contributed by atoms with Crippen LogP contribution < -0.4 is 20.1 Å². The molecule has 0 radical (unpaired) electrons. The van der Waals surface area contributed by atoms with E-state index >= 15 is 0 Å². The first-order chi connectivity index (χ1) is 22.9. The minimum atomic E-state index is -4.39. The number of hydrogen-bond donors (Lipinski definition) is 4. The van der Waals surface area contributed by atoms with E-state index in [9.17, 15) is 19.6 Å². The third kappa shape index (κ3) is 6.80. The van der Waals surface area contributed by atoms with Crippen molar-refractivity contribution in [1.82, 2.24) is 29.6 Å². The second-order valence-electron chi connectivity index (χ2n) is 11.8. The molecule has 3 aromatic heterocycles. The van der Waals surface area contributed by atoms with Crippen LogP contribution in [0.2, 0.25) is 0 Å². The first-order valence-corrected chi connectivity index (χ1v) is 16.9. The normalized spacial score (nSPS) is 25.2. The van der Waals surface area contributed by atoms with Crippen molar-refractivity contribution in [3.63, 3.8) is 0 Å². The zero-order valence-corrected chi connectivity index (χ0v) is 27.7. The molecule has 6 atom stereocenters. The molecule has 2 aliphatic heterocycles. The molecule has 2 saturated heterocycles. The maximum atomic E-state index is 14.3. The van der Waals surface area contributed by atoms with Crippen LogP contribution in [0.4, 0.5) is 5.95 Å². The number of anilines is 1. The number of esters is 1. The second kappa shape index (κ2) is 13.5. The van der Waals surface area contributed by atoms with Crippen LogP contribution in [0.25, 0.3) is 22.1 Å². The number of ether oxygens (including phenoxy) is 4. The van der Waals surface area contributed by atoms with Crippen LogP contribution in [-0.2, 0) is 28.1 Å². The first-order valence-electron chi connectivity index (χ1n) is 15.4. The van der Waals surface area contributed by atoms with Gasteiger partial charge in [0.25, 0.3) is 0 Å². The Morgan fingerprint density at radius 1 is 1.25 bits per heavy atom. The van der Waals surface area contributed by atoms with Crippen LogP contribution in [-0.4, -0.2) is 97.6 Å². The number of aliphatic hydroxyl groups excluding tert-OH is 1. The number of aryl methyl sites for hydroxylation is 1. The van der Waals surface area contributed by atoms with Gasteiger partial charge in [-0.1, -0.05) is 6.07 Å². The molecule has 258 valence electrons. The van der Waals surface area contributed by atoms with Gasteiger partial charge in [-0.2, -0.15) is 15.1 Å². The molecule has 0 spiro atoms. The molecule has 2 fully saturated rings. The molecule has 48 heavy (non-hydrogen) atoms. The van der Waals surface area contributed by atoms with Crippen molar-refractivity contribution >= 4 is 41.7 Å². The van der Waals surface area contributed by atoms with Crippen molar-refractivity contribution < 1.29 is 47.6 Å². The summed E-state index contributed by atoms with van der Waals surface area (Å²) >= 11 is 0. The molecule has 1 aromatic carbocycles. The van der Waals surface area contributed by atoms with Gasteiger partial charge in [0.15, 0.2) is 17.4 Å². The number of nitrogens with one attached hydrogen (secondary N) is 1. The van der Waals surface area contributed by atoms with Crippen LogP contribution >= 0.6 is 7.75 Å². The van der Waals surface area contributed by atoms with E-state index in [0.29, 0.717) is 42.8 Å². The highest BCUT2D eigenvalue weighted by atomic mass is 31.2. The highest BCUT2D eigenvalue weighted by Crippen LogP contribution is 2.48. The summed E-state index contributed by atoms with van der Waals surface area (Å²) in [5, 5.41) is 26.1. The zero-order chi connectivity index (χ0) is 34.2. The van der Waals surface area contributed by atoms with Gasteiger partial charge in [0.2, 0.25) is 11.8 Å². The number of imidazole rings is 1. The summed E-state index contributed by atoms with van der Waals surface area (Å²) < 4.78 is 49.9. The number of rotatable bonds is 11. The number of nitrogens with zero attached hydrogens (tertiary/aromatic N) is 5. The third-order valence-corrected chi connectivity index (χ3v) is 9.89. The monoisotopic (exact) mass is 687 g/mol. The summed E-state index contributed by atoms with van der Waals surface area (Å²) in [6.07, 6.45) is -1.62. The minimum Gasteiger partial charge on any atom is -0.479 e. The fourth-order valence-corrected chi connectivity index (χ4v) is 7.20. The van der Waals surface area contributed by atoms with Gasteiger partial charge < -0.3 is 39.4 Å². The molecule has 0 bridgehead atoms. The van der Waals surface area contributed by atoms with Crippen LogP contribution in [0.15, 0.2) is 36.5 Å². The quantitative estimate of drug-likeness (QED) is 0.131. The molecule has 0 amide bonds. The number of methoxy groups -OCH3 is 1. The number of benzene rings is 1. The lowest BCUT2D eigenvalue weighted by molar-refractivity contribution is -0.154. The van der Waals surface area contributed by atoms with Crippen LogP contribution in [0.1, 0.15) is 38.7 Å². The number of aliphatic hydroxyl groups is 2. The summed E-state index contributed by atoms with van der Waals surface area (Å²) in [5.41, 5.74) is 5.14. The van der Waals surface area contributed by atoms with Crippen molar-refractivity contribution in [2.75, 3.05) is 32.7 Å². The molecule has 0 aliphatic carbocycles. The Balaban J connectivity index is 1.24. The largest absolute Gasteiger partial charge is 0.479 e. The summed E-state index contributed by atoms with van der Waals surface area (Å²) in [4.78, 5) is 30.0. The molecule has 2 aliphatic rings. The average molecular weight is 688 g/mol. The molecule has 4 aromatic rings. The van der Waals surface area contributed by atoms with Crippen molar-refractivity contribution in [2.45, 2.75) is 69.8 Å². The Labute approximate surface area is 275 Å². The van der Waals surface area contributed by atoms with E-state index in [1.54, 1.807) is 37.4 Å². The molecule has 5 heterocycles. The van der Waals surface area contributed by atoms with Gasteiger partial charge in [0.05, 0.1) is 32.4 Å². The van der Waals surface area contributed by atoms with E-state index < -0.39 is 50.4 Å². The van der Waals surface area contributed by atoms with Crippen molar-refractivity contribution in [1.29, 1.82) is 0 Å². The number of pyridine rings is 1.